The van der Waals surface area contributed by atoms with Crippen molar-refractivity contribution in [2.75, 3.05) is 17.2 Å². The van der Waals surface area contributed by atoms with Gasteiger partial charge in [0.05, 0.1) is 12.2 Å². The van der Waals surface area contributed by atoms with E-state index in [0.29, 0.717) is 0 Å². The van der Waals surface area contributed by atoms with Gasteiger partial charge in [-0.05, 0) is 43.2 Å². The number of rotatable bonds is 4. The Labute approximate surface area is 122 Å². The zero-order valence-corrected chi connectivity index (χ0v) is 11.8. The highest BCUT2D eigenvalue weighted by atomic mass is 19.1. The maximum Gasteiger partial charge on any atom is 0.243 e. The van der Waals surface area contributed by atoms with Crippen molar-refractivity contribution in [2.24, 2.45) is 0 Å². The quantitative estimate of drug-likeness (QED) is 0.902. The van der Waals surface area contributed by atoms with Gasteiger partial charge in [-0.25, -0.2) is 8.78 Å². The Morgan fingerprint density at radius 3 is 2.57 bits per heavy atom. The molecule has 0 radical (unpaired) electrons. The fraction of sp³-hybridized carbons (Fsp3) is 0.188. The van der Waals surface area contributed by atoms with Crippen molar-refractivity contribution in [3.8, 4) is 0 Å². The van der Waals surface area contributed by atoms with E-state index >= 15 is 0 Å². The van der Waals surface area contributed by atoms with Crippen LogP contribution in [0.4, 0.5) is 20.2 Å². The molecule has 1 amide bonds. The number of anilines is 2. The second-order valence-electron chi connectivity index (χ2n) is 4.77. The van der Waals surface area contributed by atoms with E-state index in [9.17, 15) is 13.6 Å². The van der Waals surface area contributed by atoms with E-state index in [0.717, 1.165) is 28.9 Å². The van der Waals surface area contributed by atoms with Gasteiger partial charge in [0.1, 0.15) is 11.6 Å². The van der Waals surface area contributed by atoms with Crippen molar-refractivity contribution in [1.82, 2.24) is 0 Å². The van der Waals surface area contributed by atoms with Crippen molar-refractivity contribution in [2.45, 2.75) is 13.8 Å². The molecule has 2 aromatic carbocycles. The third-order valence-corrected chi connectivity index (χ3v) is 3.25. The molecule has 21 heavy (non-hydrogen) atoms. The molecule has 0 bridgehead atoms. The molecular weight excluding hydrogens is 274 g/mol. The third-order valence-electron chi connectivity index (χ3n) is 3.25. The molecule has 0 saturated carbocycles. The molecule has 2 rings (SSSR count). The van der Waals surface area contributed by atoms with Crippen LogP contribution in [0.25, 0.3) is 0 Å². The van der Waals surface area contributed by atoms with Gasteiger partial charge in [-0.1, -0.05) is 12.1 Å². The van der Waals surface area contributed by atoms with Gasteiger partial charge in [0, 0.05) is 11.8 Å². The molecule has 0 spiro atoms. The van der Waals surface area contributed by atoms with E-state index in [1.54, 1.807) is 6.07 Å². The van der Waals surface area contributed by atoms with Gasteiger partial charge in [0.15, 0.2) is 0 Å². The molecule has 0 heterocycles. The van der Waals surface area contributed by atoms with Crippen molar-refractivity contribution in [3.05, 3.63) is 59.2 Å². The first-order valence-corrected chi connectivity index (χ1v) is 6.52. The van der Waals surface area contributed by atoms with Crippen LogP contribution >= 0.6 is 0 Å². The molecule has 0 unspecified atom stereocenters. The number of nitrogens with one attached hydrogen (secondary N) is 2. The first kappa shape index (κ1) is 15.0. The number of carbonyl (C=O) groups is 1. The first-order valence-electron chi connectivity index (χ1n) is 6.52. The smallest absolute Gasteiger partial charge is 0.243 e. The molecule has 110 valence electrons. The van der Waals surface area contributed by atoms with Gasteiger partial charge < -0.3 is 10.6 Å². The SMILES string of the molecule is Cc1cccc(NC(=O)CNc2ccc(F)cc2F)c1C. The average molecular weight is 290 g/mol. The Hall–Kier alpha value is -2.43. The van der Waals surface area contributed by atoms with Crippen LogP contribution in [0.15, 0.2) is 36.4 Å². The van der Waals surface area contributed by atoms with Crippen LogP contribution in [-0.4, -0.2) is 12.5 Å². The third kappa shape index (κ3) is 3.78. The summed E-state index contributed by atoms with van der Waals surface area (Å²) in [6.07, 6.45) is 0. The molecule has 0 aliphatic heterocycles. The van der Waals surface area contributed by atoms with Crippen molar-refractivity contribution in [3.63, 3.8) is 0 Å². The second-order valence-corrected chi connectivity index (χ2v) is 4.77. The van der Waals surface area contributed by atoms with E-state index in [1.165, 1.54) is 6.07 Å². The molecule has 0 atom stereocenters. The number of aryl methyl sites for hydroxylation is 1. The lowest BCUT2D eigenvalue weighted by Gasteiger charge is -2.11. The fourth-order valence-corrected chi connectivity index (χ4v) is 1.89. The van der Waals surface area contributed by atoms with E-state index in [4.69, 9.17) is 0 Å². The Morgan fingerprint density at radius 1 is 1.10 bits per heavy atom. The molecule has 5 heteroatoms. The Bertz CT molecular complexity index is 671. The van der Waals surface area contributed by atoms with E-state index in [1.807, 2.05) is 26.0 Å². The predicted molar refractivity (Wildman–Crippen MR) is 79.4 cm³/mol. The maximum absolute atomic E-state index is 13.4. The molecule has 0 aliphatic carbocycles. The van der Waals surface area contributed by atoms with Gasteiger partial charge >= 0.3 is 0 Å². The van der Waals surface area contributed by atoms with Crippen LogP contribution in [0.5, 0.6) is 0 Å². The zero-order valence-electron chi connectivity index (χ0n) is 11.8. The maximum atomic E-state index is 13.4. The van der Waals surface area contributed by atoms with Crippen LogP contribution in [0.1, 0.15) is 11.1 Å². The molecule has 2 aromatic rings. The van der Waals surface area contributed by atoms with E-state index in [2.05, 4.69) is 10.6 Å². The largest absolute Gasteiger partial charge is 0.374 e. The Kier molecular flexibility index (Phi) is 4.52. The summed E-state index contributed by atoms with van der Waals surface area (Å²) in [6, 6.07) is 8.77. The lowest BCUT2D eigenvalue weighted by molar-refractivity contribution is -0.114. The van der Waals surface area contributed by atoms with Crippen LogP contribution in [0.3, 0.4) is 0 Å². The highest BCUT2D eigenvalue weighted by Gasteiger charge is 2.08. The monoisotopic (exact) mass is 290 g/mol. The van der Waals surface area contributed by atoms with E-state index in [-0.39, 0.29) is 18.1 Å². The number of halogens is 2. The van der Waals surface area contributed by atoms with Crippen LogP contribution < -0.4 is 10.6 Å². The topological polar surface area (TPSA) is 41.1 Å². The summed E-state index contributed by atoms with van der Waals surface area (Å²) in [4.78, 5) is 11.9. The van der Waals surface area contributed by atoms with Gasteiger partial charge in [-0.3, -0.25) is 4.79 Å². The Morgan fingerprint density at radius 2 is 1.86 bits per heavy atom. The number of amides is 1. The second kappa shape index (κ2) is 6.35. The predicted octanol–water partition coefficient (Wildman–Crippen LogP) is 3.63. The van der Waals surface area contributed by atoms with Crippen molar-refractivity contribution in [1.29, 1.82) is 0 Å². The Balaban J connectivity index is 1.97. The molecular formula is C16H16F2N2O. The lowest BCUT2D eigenvalue weighted by Crippen LogP contribution is -2.22. The van der Waals surface area contributed by atoms with Crippen molar-refractivity contribution < 1.29 is 13.6 Å². The summed E-state index contributed by atoms with van der Waals surface area (Å²) < 4.78 is 26.2. The zero-order chi connectivity index (χ0) is 15.4. The minimum Gasteiger partial charge on any atom is -0.374 e. The normalized spacial score (nSPS) is 10.3. The van der Waals surface area contributed by atoms with E-state index < -0.39 is 11.6 Å². The van der Waals surface area contributed by atoms with Crippen LogP contribution in [-0.2, 0) is 4.79 Å². The number of benzene rings is 2. The highest BCUT2D eigenvalue weighted by molar-refractivity contribution is 5.94. The van der Waals surface area contributed by atoms with Crippen LogP contribution in [0.2, 0.25) is 0 Å². The van der Waals surface area contributed by atoms with Crippen molar-refractivity contribution >= 4 is 17.3 Å². The summed E-state index contributed by atoms with van der Waals surface area (Å²) in [5.74, 6) is -1.68. The van der Waals surface area contributed by atoms with Gasteiger partial charge in [-0.2, -0.15) is 0 Å². The summed E-state index contributed by atoms with van der Waals surface area (Å²) in [7, 11) is 0. The highest BCUT2D eigenvalue weighted by Crippen LogP contribution is 2.18. The number of carbonyl (C=O) groups excluding carboxylic acids is 1. The molecule has 0 fully saturated rings. The molecule has 0 saturated heterocycles. The van der Waals surface area contributed by atoms with Gasteiger partial charge in [-0.15, -0.1) is 0 Å². The first-order chi connectivity index (χ1) is 9.97. The summed E-state index contributed by atoms with van der Waals surface area (Å²) in [6.45, 7) is 3.77. The van der Waals surface area contributed by atoms with Gasteiger partial charge in [0.2, 0.25) is 5.91 Å². The average Bonchev–Trinajstić information content (AvgIpc) is 2.43. The minimum atomic E-state index is -0.727. The molecule has 0 aromatic heterocycles. The summed E-state index contributed by atoms with van der Waals surface area (Å²) >= 11 is 0. The van der Waals surface area contributed by atoms with Gasteiger partial charge in [0.25, 0.3) is 0 Å². The minimum absolute atomic E-state index is 0.0903. The summed E-state index contributed by atoms with van der Waals surface area (Å²) in [5.41, 5.74) is 2.87. The number of hydrogen-bond acceptors (Lipinski definition) is 2. The van der Waals surface area contributed by atoms with Crippen LogP contribution in [0, 0.1) is 25.5 Å². The molecule has 2 N–H and O–H groups in total. The fourth-order valence-electron chi connectivity index (χ4n) is 1.89. The molecule has 0 aliphatic rings. The standard InChI is InChI=1S/C16H16F2N2O/c1-10-4-3-5-14(11(10)2)20-16(21)9-19-15-7-6-12(17)8-13(15)18/h3-8,19H,9H2,1-2H3,(H,20,21). The lowest BCUT2D eigenvalue weighted by atomic mass is 10.1. The summed E-state index contributed by atoms with van der Waals surface area (Å²) in [5, 5.41) is 5.39. The molecule has 3 nitrogen and oxygen atoms in total. The number of hydrogen-bond donors (Lipinski definition) is 2.